The molecule has 1 rings (SSSR count). The molecule has 1 atom stereocenters. The molecule has 0 heterocycles. The maximum absolute atomic E-state index is 13.9. The van der Waals surface area contributed by atoms with E-state index >= 15 is 0 Å². The number of nitrogens with one attached hydrogen (secondary N) is 1. The molecule has 0 saturated heterocycles. The Bertz CT molecular complexity index is 424. The minimum absolute atomic E-state index is 0.0390. The van der Waals surface area contributed by atoms with Crippen LogP contribution in [-0.2, 0) is 0 Å². The zero-order chi connectivity index (χ0) is 14.6. The van der Waals surface area contributed by atoms with Crippen LogP contribution in [0.25, 0.3) is 0 Å². The van der Waals surface area contributed by atoms with Crippen molar-refractivity contribution in [2.45, 2.75) is 46.6 Å². The van der Waals surface area contributed by atoms with Crippen molar-refractivity contribution in [3.63, 3.8) is 0 Å². The fourth-order valence-corrected chi connectivity index (χ4v) is 2.03. The van der Waals surface area contributed by atoms with E-state index < -0.39 is 17.5 Å². The normalized spacial score (nSPS) is 13.6. The van der Waals surface area contributed by atoms with E-state index in [1.165, 1.54) is 6.07 Å². The molecular formula is C15H22F3N. The quantitative estimate of drug-likeness (QED) is 0.774. The summed E-state index contributed by atoms with van der Waals surface area (Å²) in [5, 5.41) is 3.20. The molecule has 1 nitrogen and oxygen atoms in total. The Morgan fingerprint density at radius 1 is 1.11 bits per heavy atom. The molecule has 19 heavy (non-hydrogen) atoms. The molecule has 0 aliphatic carbocycles. The lowest BCUT2D eigenvalue weighted by atomic mass is 9.85. The number of benzene rings is 1. The van der Waals surface area contributed by atoms with E-state index in [-0.39, 0.29) is 17.0 Å². The highest BCUT2D eigenvalue weighted by atomic mass is 19.2. The lowest BCUT2D eigenvalue weighted by Gasteiger charge is -2.27. The summed E-state index contributed by atoms with van der Waals surface area (Å²) in [5.41, 5.74) is 0.158. The molecule has 0 radical (unpaired) electrons. The minimum atomic E-state index is -1.39. The van der Waals surface area contributed by atoms with Gasteiger partial charge in [-0.25, -0.2) is 13.2 Å². The summed E-state index contributed by atoms with van der Waals surface area (Å²) in [6.07, 6.45) is 1.54. The summed E-state index contributed by atoms with van der Waals surface area (Å²) in [7, 11) is 0. The maximum Gasteiger partial charge on any atom is 0.194 e. The predicted molar refractivity (Wildman–Crippen MR) is 71.4 cm³/mol. The van der Waals surface area contributed by atoms with Crippen molar-refractivity contribution in [2.24, 2.45) is 5.41 Å². The Hall–Kier alpha value is -1.03. The number of hydrogen-bond acceptors (Lipinski definition) is 1. The summed E-state index contributed by atoms with van der Waals surface area (Å²) in [6.45, 7) is 8.81. The molecule has 1 unspecified atom stereocenters. The summed E-state index contributed by atoms with van der Waals surface area (Å²) in [6, 6.07) is 2.00. The third-order valence-electron chi connectivity index (χ3n) is 2.90. The Morgan fingerprint density at radius 3 is 2.26 bits per heavy atom. The fraction of sp³-hybridized carbons (Fsp3) is 0.600. The van der Waals surface area contributed by atoms with Gasteiger partial charge < -0.3 is 5.32 Å². The highest BCUT2D eigenvalue weighted by Gasteiger charge is 2.24. The zero-order valence-corrected chi connectivity index (χ0v) is 12.0. The van der Waals surface area contributed by atoms with E-state index in [2.05, 4.69) is 5.32 Å². The Labute approximate surface area is 113 Å². The van der Waals surface area contributed by atoms with Gasteiger partial charge in [-0.15, -0.1) is 0 Å². The summed E-state index contributed by atoms with van der Waals surface area (Å²) < 4.78 is 40.2. The molecule has 4 heteroatoms. The lowest BCUT2D eigenvalue weighted by molar-refractivity contribution is 0.303. The van der Waals surface area contributed by atoms with Crippen molar-refractivity contribution in [3.8, 4) is 0 Å². The second-order valence-corrected chi connectivity index (χ2v) is 6.04. The zero-order valence-electron chi connectivity index (χ0n) is 12.0. The van der Waals surface area contributed by atoms with Crippen molar-refractivity contribution in [2.75, 3.05) is 6.54 Å². The Kier molecular flexibility index (Phi) is 5.41. The number of hydrogen-bond donors (Lipinski definition) is 1. The standard InChI is InChI=1S/C15H22F3N/c1-5-8-19-12(9-15(2,3)4)10-6-7-11(16)14(18)13(10)17/h6-7,12,19H,5,8-9H2,1-4H3. The molecule has 0 aliphatic heterocycles. The van der Waals surface area contributed by atoms with Crippen molar-refractivity contribution in [3.05, 3.63) is 35.1 Å². The van der Waals surface area contributed by atoms with Crippen molar-refractivity contribution in [1.82, 2.24) is 5.32 Å². The topological polar surface area (TPSA) is 12.0 Å². The second-order valence-electron chi connectivity index (χ2n) is 6.04. The second kappa shape index (κ2) is 6.42. The first-order valence-corrected chi connectivity index (χ1v) is 6.63. The van der Waals surface area contributed by atoms with E-state index in [9.17, 15) is 13.2 Å². The average Bonchev–Trinajstić information content (AvgIpc) is 2.30. The SMILES string of the molecule is CCCNC(CC(C)(C)C)c1ccc(F)c(F)c1F. The maximum atomic E-state index is 13.9. The molecule has 0 bridgehead atoms. The smallest absolute Gasteiger partial charge is 0.194 e. The van der Waals surface area contributed by atoms with Crippen LogP contribution in [-0.4, -0.2) is 6.54 Å². The van der Waals surface area contributed by atoms with Crippen LogP contribution < -0.4 is 5.32 Å². The molecule has 1 aromatic carbocycles. The summed E-state index contributed by atoms with van der Waals surface area (Å²) in [4.78, 5) is 0. The van der Waals surface area contributed by atoms with Gasteiger partial charge in [-0.1, -0.05) is 33.8 Å². The van der Waals surface area contributed by atoms with Crippen LogP contribution in [0.1, 0.15) is 52.1 Å². The van der Waals surface area contributed by atoms with Gasteiger partial charge in [0, 0.05) is 11.6 Å². The molecule has 0 amide bonds. The molecular weight excluding hydrogens is 251 g/mol. The Morgan fingerprint density at radius 2 is 1.74 bits per heavy atom. The van der Waals surface area contributed by atoms with Crippen LogP contribution in [0.15, 0.2) is 12.1 Å². The van der Waals surface area contributed by atoms with E-state index in [1.54, 1.807) is 0 Å². The van der Waals surface area contributed by atoms with Gasteiger partial charge in [-0.3, -0.25) is 0 Å². The third kappa shape index (κ3) is 4.53. The van der Waals surface area contributed by atoms with Crippen LogP contribution in [0.5, 0.6) is 0 Å². The highest BCUT2D eigenvalue weighted by molar-refractivity contribution is 5.24. The molecule has 0 saturated carbocycles. The van der Waals surface area contributed by atoms with E-state index in [0.29, 0.717) is 13.0 Å². The number of halogens is 3. The summed E-state index contributed by atoms with van der Waals surface area (Å²) in [5.74, 6) is -3.63. The molecule has 0 aromatic heterocycles. The average molecular weight is 273 g/mol. The van der Waals surface area contributed by atoms with E-state index in [0.717, 1.165) is 12.5 Å². The van der Waals surface area contributed by atoms with E-state index in [1.807, 2.05) is 27.7 Å². The van der Waals surface area contributed by atoms with Crippen LogP contribution in [0.3, 0.4) is 0 Å². The molecule has 108 valence electrons. The van der Waals surface area contributed by atoms with Crippen LogP contribution in [0.4, 0.5) is 13.2 Å². The summed E-state index contributed by atoms with van der Waals surface area (Å²) >= 11 is 0. The predicted octanol–water partition coefficient (Wildman–Crippen LogP) is 4.58. The molecule has 0 spiro atoms. The van der Waals surface area contributed by atoms with Crippen LogP contribution in [0.2, 0.25) is 0 Å². The van der Waals surface area contributed by atoms with Gasteiger partial charge >= 0.3 is 0 Å². The first-order chi connectivity index (χ1) is 8.76. The van der Waals surface area contributed by atoms with Gasteiger partial charge in [0.15, 0.2) is 17.5 Å². The van der Waals surface area contributed by atoms with Gasteiger partial charge in [-0.05, 0) is 30.9 Å². The number of rotatable bonds is 5. The van der Waals surface area contributed by atoms with Crippen LogP contribution >= 0.6 is 0 Å². The van der Waals surface area contributed by atoms with Crippen LogP contribution in [0, 0.1) is 22.9 Å². The van der Waals surface area contributed by atoms with E-state index in [4.69, 9.17) is 0 Å². The molecule has 1 aromatic rings. The minimum Gasteiger partial charge on any atom is -0.310 e. The Balaban J connectivity index is 3.06. The van der Waals surface area contributed by atoms with Crippen molar-refractivity contribution < 1.29 is 13.2 Å². The monoisotopic (exact) mass is 273 g/mol. The third-order valence-corrected chi connectivity index (χ3v) is 2.90. The first kappa shape index (κ1) is 16.0. The van der Waals surface area contributed by atoms with Gasteiger partial charge in [-0.2, -0.15) is 0 Å². The lowest BCUT2D eigenvalue weighted by Crippen LogP contribution is -2.27. The van der Waals surface area contributed by atoms with Gasteiger partial charge in [0.25, 0.3) is 0 Å². The fourth-order valence-electron chi connectivity index (χ4n) is 2.03. The highest BCUT2D eigenvalue weighted by Crippen LogP contribution is 2.31. The largest absolute Gasteiger partial charge is 0.310 e. The van der Waals surface area contributed by atoms with Gasteiger partial charge in [0.05, 0.1) is 0 Å². The molecule has 0 fully saturated rings. The van der Waals surface area contributed by atoms with Gasteiger partial charge in [0.2, 0.25) is 0 Å². The van der Waals surface area contributed by atoms with Crippen molar-refractivity contribution in [1.29, 1.82) is 0 Å². The molecule has 0 aliphatic rings. The van der Waals surface area contributed by atoms with Crippen molar-refractivity contribution >= 4 is 0 Å². The molecule has 1 N–H and O–H groups in total. The first-order valence-electron chi connectivity index (χ1n) is 6.63. The van der Waals surface area contributed by atoms with Gasteiger partial charge in [0.1, 0.15) is 0 Å².